The van der Waals surface area contributed by atoms with Crippen LogP contribution < -0.4 is 10.6 Å². The first-order valence-corrected chi connectivity index (χ1v) is 12.0. The number of hydrogen-bond donors (Lipinski definition) is 2. The Balaban J connectivity index is 1.10. The quantitative estimate of drug-likeness (QED) is 0.370. The minimum Gasteiger partial charge on any atom is -0.373 e. The third kappa shape index (κ3) is 6.19. The molecule has 30 heavy (non-hydrogen) atoms. The fourth-order valence-electron chi connectivity index (χ4n) is 4.94. The Labute approximate surface area is 182 Å². The van der Waals surface area contributed by atoms with Crippen LogP contribution in [0.15, 0.2) is 35.3 Å². The van der Waals surface area contributed by atoms with E-state index in [1.54, 1.807) is 0 Å². The zero-order chi connectivity index (χ0) is 20.6. The summed E-state index contributed by atoms with van der Waals surface area (Å²) in [5.41, 5.74) is 1.42. The van der Waals surface area contributed by atoms with Crippen LogP contribution in [0.1, 0.15) is 44.6 Å². The summed E-state index contributed by atoms with van der Waals surface area (Å²) < 4.78 is 5.96. The highest BCUT2D eigenvalue weighted by Crippen LogP contribution is 2.34. The predicted molar refractivity (Wildman–Crippen MR) is 123 cm³/mol. The van der Waals surface area contributed by atoms with Gasteiger partial charge in [0.1, 0.15) is 0 Å². The van der Waals surface area contributed by atoms with E-state index in [1.165, 1.54) is 57.5 Å². The summed E-state index contributed by atoms with van der Waals surface area (Å²) >= 11 is 0. The lowest BCUT2D eigenvalue weighted by molar-refractivity contribution is 0.0992. The molecule has 3 saturated heterocycles. The molecule has 0 radical (unpaired) electrons. The lowest BCUT2D eigenvalue weighted by Crippen LogP contribution is -2.47. The molecule has 3 fully saturated rings. The van der Waals surface area contributed by atoms with Gasteiger partial charge >= 0.3 is 0 Å². The highest BCUT2D eigenvalue weighted by atomic mass is 16.5. The second-order valence-electron chi connectivity index (χ2n) is 8.93. The molecule has 0 aromatic heterocycles. The first-order valence-electron chi connectivity index (χ1n) is 12.0. The number of rotatable bonds is 9. The van der Waals surface area contributed by atoms with Crippen molar-refractivity contribution in [3.63, 3.8) is 0 Å². The van der Waals surface area contributed by atoms with Crippen molar-refractivity contribution >= 4 is 5.96 Å². The fraction of sp³-hybridized carbons (Fsp3) is 0.708. The van der Waals surface area contributed by atoms with Gasteiger partial charge in [-0.3, -0.25) is 9.89 Å². The van der Waals surface area contributed by atoms with Gasteiger partial charge < -0.3 is 20.3 Å². The molecule has 3 atom stereocenters. The molecular formula is C24H39N5O. The number of guanidine groups is 1. The van der Waals surface area contributed by atoms with Gasteiger partial charge in [-0.05, 0) is 51.1 Å². The summed E-state index contributed by atoms with van der Waals surface area (Å²) in [4.78, 5) is 10.00. The molecule has 0 saturated carbocycles. The second kappa shape index (κ2) is 11.1. The van der Waals surface area contributed by atoms with Crippen LogP contribution in [0.25, 0.3) is 0 Å². The summed E-state index contributed by atoms with van der Waals surface area (Å²) in [6, 6.07) is 11.3. The SMILES string of the molecule is CCNC(=NCCCCN1CCN(Cc2ccccc2)CC1)NC1CC2CCC1O2. The average molecular weight is 414 g/mol. The van der Waals surface area contributed by atoms with Crippen LogP contribution in [0.5, 0.6) is 0 Å². The molecule has 1 aromatic rings. The van der Waals surface area contributed by atoms with Gasteiger partial charge in [-0.2, -0.15) is 0 Å². The van der Waals surface area contributed by atoms with Crippen molar-refractivity contribution in [3.8, 4) is 0 Å². The van der Waals surface area contributed by atoms with E-state index >= 15 is 0 Å². The van der Waals surface area contributed by atoms with E-state index in [2.05, 4.69) is 57.7 Å². The van der Waals surface area contributed by atoms with Crippen molar-refractivity contribution in [1.82, 2.24) is 20.4 Å². The van der Waals surface area contributed by atoms with Crippen molar-refractivity contribution in [2.45, 2.75) is 63.8 Å². The zero-order valence-corrected chi connectivity index (χ0v) is 18.6. The van der Waals surface area contributed by atoms with E-state index in [4.69, 9.17) is 9.73 Å². The van der Waals surface area contributed by atoms with E-state index in [1.807, 2.05) is 0 Å². The maximum atomic E-state index is 5.96. The minimum absolute atomic E-state index is 0.388. The van der Waals surface area contributed by atoms with Crippen molar-refractivity contribution in [2.75, 3.05) is 45.8 Å². The fourth-order valence-corrected chi connectivity index (χ4v) is 4.94. The summed E-state index contributed by atoms with van der Waals surface area (Å²) in [5.74, 6) is 0.966. The smallest absolute Gasteiger partial charge is 0.191 e. The van der Waals surface area contributed by atoms with Crippen molar-refractivity contribution < 1.29 is 4.74 Å². The van der Waals surface area contributed by atoms with Gasteiger partial charge in [0.25, 0.3) is 0 Å². The molecule has 6 heteroatoms. The van der Waals surface area contributed by atoms with E-state index in [9.17, 15) is 0 Å². The van der Waals surface area contributed by atoms with Crippen LogP contribution in [0.4, 0.5) is 0 Å². The molecule has 1 aromatic carbocycles. The van der Waals surface area contributed by atoms with Crippen LogP contribution >= 0.6 is 0 Å². The maximum Gasteiger partial charge on any atom is 0.191 e. The summed E-state index contributed by atoms with van der Waals surface area (Å²) in [5, 5.41) is 7.01. The third-order valence-corrected chi connectivity index (χ3v) is 6.64. The normalized spacial score (nSPS) is 27.5. The van der Waals surface area contributed by atoms with Crippen molar-refractivity contribution in [2.24, 2.45) is 4.99 Å². The number of piperazine rings is 1. The molecule has 3 aliphatic heterocycles. The summed E-state index contributed by atoms with van der Waals surface area (Å²) in [6.45, 7) is 10.9. The standard InChI is InChI=1S/C24H39N5O/c1-2-25-24(27-22-18-21-10-11-23(22)30-21)26-12-6-7-13-28-14-16-29(17-15-28)19-20-8-4-3-5-9-20/h3-5,8-9,21-23H,2,6-7,10-19H2,1H3,(H2,25,26,27). The molecule has 3 unspecified atom stereocenters. The van der Waals surface area contributed by atoms with E-state index in [0.717, 1.165) is 38.4 Å². The Bertz CT molecular complexity index is 659. The highest BCUT2D eigenvalue weighted by Gasteiger charge is 2.41. The predicted octanol–water partition coefficient (Wildman–Crippen LogP) is 2.46. The Kier molecular flexibility index (Phi) is 8.01. The molecule has 3 aliphatic rings. The number of benzene rings is 1. The number of unbranched alkanes of at least 4 members (excludes halogenated alkanes) is 1. The average Bonchev–Trinajstić information content (AvgIpc) is 3.39. The monoisotopic (exact) mass is 413 g/mol. The molecule has 3 heterocycles. The van der Waals surface area contributed by atoms with Gasteiger partial charge in [0.05, 0.1) is 18.2 Å². The third-order valence-electron chi connectivity index (χ3n) is 6.64. The Morgan fingerprint density at radius 1 is 1.07 bits per heavy atom. The molecule has 166 valence electrons. The lowest BCUT2D eigenvalue weighted by Gasteiger charge is -2.34. The molecule has 0 spiro atoms. The molecule has 0 aliphatic carbocycles. The second-order valence-corrected chi connectivity index (χ2v) is 8.93. The van der Waals surface area contributed by atoms with Crippen LogP contribution in [-0.2, 0) is 11.3 Å². The number of nitrogens with zero attached hydrogens (tertiary/aromatic N) is 3. The number of nitrogens with one attached hydrogen (secondary N) is 2. The number of hydrogen-bond acceptors (Lipinski definition) is 4. The van der Waals surface area contributed by atoms with Gasteiger partial charge in [0.2, 0.25) is 0 Å². The van der Waals surface area contributed by atoms with E-state index in [0.29, 0.717) is 18.2 Å². The Morgan fingerprint density at radius 3 is 2.57 bits per heavy atom. The molecule has 4 rings (SSSR count). The molecule has 2 N–H and O–H groups in total. The van der Waals surface area contributed by atoms with E-state index < -0.39 is 0 Å². The van der Waals surface area contributed by atoms with Gasteiger partial charge in [-0.15, -0.1) is 0 Å². The topological polar surface area (TPSA) is 52.1 Å². The van der Waals surface area contributed by atoms with Crippen LogP contribution in [-0.4, -0.2) is 79.8 Å². The first-order chi connectivity index (χ1) is 14.8. The summed E-state index contributed by atoms with van der Waals surface area (Å²) in [6.07, 6.45) is 6.79. The van der Waals surface area contributed by atoms with Gasteiger partial charge in [-0.1, -0.05) is 30.3 Å². The summed E-state index contributed by atoms with van der Waals surface area (Å²) in [7, 11) is 0. The van der Waals surface area contributed by atoms with Crippen molar-refractivity contribution in [3.05, 3.63) is 35.9 Å². The number of ether oxygens (including phenoxy) is 1. The first kappa shape index (κ1) is 21.6. The minimum atomic E-state index is 0.388. The van der Waals surface area contributed by atoms with Gasteiger partial charge in [0, 0.05) is 45.8 Å². The molecular weight excluding hydrogens is 374 g/mol. The molecule has 6 nitrogen and oxygen atoms in total. The van der Waals surface area contributed by atoms with Crippen LogP contribution in [0, 0.1) is 0 Å². The lowest BCUT2D eigenvalue weighted by atomic mass is 9.96. The highest BCUT2D eigenvalue weighted by molar-refractivity contribution is 5.80. The number of aliphatic imine (C=N–C) groups is 1. The van der Waals surface area contributed by atoms with Gasteiger partial charge in [0.15, 0.2) is 5.96 Å². The zero-order valence-electron chi connectivity index (χ0n) is 18.6. The Morgan fingerprint density at radius 2 is 1.87 bits per heavy atom. The van der Waals surface area contributed by atoms with Crippen LogP contribution in [0.3, 0.4) is 0 Å². The molecule has 0 amide bonds. The van der Waals surface area contributed by atoms with Gasteiger partial charge in [-0.25, -0.2) is 0 Å². The van der Waals surface area contributed by atoms with E-state index in [-0.39, 0.29) is 0 Å². The van der Waals surface area contributed by atoms with Crippen LogP contribution in [0.2, 0.25) is 0 Å². The number of fused-ring (bicyclic) bond motifs is 2. The largest absolute Gasteiger partial charge is 0.373 e. The van der Waals surface area contributed by atoms with Crippen molar-refractivity contribution in [1.29, 1.82) is 0 Å². The molecule has 2 bridgehead atoms. The Hall–Kier alpha value is -1.63. The maximum absolute atomic E-state index is 5.96.